The van der Waals surface area contributed by atoms with E-state index < -0.39 is 36.6 Å². The predicted octanol–water partition coefficient (Wildman–Crippen LogP) is -1.61. The van der Waals surface area contributed by atoms with Crippen LogP contribution in [0.25, 0.3) is 0 Å². The fourth-order valence-electron chi connectivity index (χ4n) is 2.16. The molecular formula is C13H18O6. The van der Waals surface area contributed by atoms with E-state index in [1.807, 2.05) is 30.3 Å². The zero-order valence-electron chi connectivity index (χ0n) is 10.2. The second-order valence-corrected chi connectivity index (χ2v) is 4.71. The van der Waals surface area contributed by atoms with E-state index >= 15 is 0 Å². The van der Waals surface area contributed by atoms with Crippen LogP contribution in [0.2, 0.25) is 0 Å². The van der Waals surface area contributed by atoms with Crippen molar-refractivity contribution in [2.45, 2.75) is 43.2 Å². The first-order valence-electron chi connectivity index (χ1n) is 6.08. The summed E-state index contributed by atoms with van der Waals surface area (Å²) in [6.45, 7) is 0.120. The summed E-state index contributed by atoms with van der Waals surface area (Å²) in [6, 6.07) is 9.10. The van der Waals surface area contributed by atoms with Gasteiger partial charge in [0.05, 0.1) is 6.61 Å². The maximum absolute atomic E-state index is 9.77. The summed E-state index contributed by atoms with van der Waals surface area (Å²) in [7, 11) is 0. The molecule has 0 radical (unpaired) electrons. The van der Waals surface area contributed by atoms with Crippen LogP contribution >= 0.6 is 0 Å². The van der Waals surface area contributed by atoms with Gasteiger partial charge < -0.3 is 30.3 Å². The van der Waals surface area contributed by atoms with Gasteiger partial charge in [-0.3, -0.25) is 0 Å². The highest BCUT2D eigenvalue weighted by Crippen LogP contribution is 2.24. The van der Waals surface area contributed by atoms with E-state index in [9.17, 15) is 25.5 Å². The minimum atomic E-state index is -1.60. The first-order chi connectivity index (χ1) is 9.02. The molecule has 5 N–H and O–H groups in total. The van der Waals surface area contributed by atoms with E-state index in [0.29, 0.717) is 0 Å². The predicted molar refractivity (Wildman–Crippen MR) is 65.1 cm³/mol. The van der Waals surface area contributed by atoms with Crippen LogP contribution in [0.15, 0.2) is 30.3 Å². The van der Waals surface area contributed by atoms with Gasteiger partial charge >= 0.3 is 0 Å². The van der Waals surface area contributed by atoms with Crippen molar-refractivity contribution < 1.29 is 30.3 Å². The van der Waals surface area contributed by atoms with Crippen molar-refractivity contribution in [1.29, 1.82) is 0 Å². The van der Waals surface area contributed by atoms with Crippen LogP contribution in [-0.2, 0) is 11.3 Å². The van der Waals surface area contributed by atoms with Gasteiger partial charge in [0.1, 0.15) is 36.6 Å². The van der Waals surface area contributed by atoms with Gasteiger partial charge in [-0.15, -0.1) is 0 Å². The third-order valence-corrected chi connectivity index (χ3v) is 3.36. The van der Waals surface area contributed by atoms with Gasteiger partial charge in [-0.1, -0.05) is 30.3 Å². The number of hydrogen-bond donors (Lipinski definition) is 5. The quantitative estimate of drug-likeness (QED) is 0.452. The van der Waals surface area contributed by atoms with E-state index in [4.69, 9.17) is 4.74 Å². The van der Waals surface area contributed by atoms with Crippen LogP contribution in [0.5, 0.6) is 0 Å². The van der Waals surface area contributed by atoms with Crippen LogP contribution in [-0.4, -0.2) is 62.2 Å². The monoisotopic (exact) mass is 270 g/mol. The summed E-state index contributed by atoms with van der Waals surface area (Å²) in [5, 5.41) is 48.1. The molecule has 1 aliphatic carbocycles. The van der Waals surface area contributed by atoms with Gasteiger partial charge in [0.2, 0.25) is 0 Å². The summed E-state index contributed by atoms with van der Waals surface area (Å²) in [4.78, 5) is 0. The number of rotatable bonds is 3. The highest BCUT2D eigenvalue weighted by molar-refractivity contribution is 5.13. The zero-order valence-corrected chi connectivity index (χ0v) is 10.2. The van der Waals surface area contributed by atoms with E-state index in [0.717, 1.165) is 5.56 Å². The molecule has 0 aliphatic heterocycles. The van der Waals surface area contributed by atoms with Crippen molar-refractivity contribution in [3.63, 3.8) is 0 Å². The van der Waals surface area contributed by atoms with Crippen LogP contribution in [0.1, 0.15) is 5.56 Å². The fraction of sp³-hybridized carbons (Fsp3) is 0.538. The van der Waals surface area contributed by atoms with Crippen molar-refractivity contribution in [3.8, 4) is 0 Å². The van der Waals surface area contributed by atoms with Gasteiger partial charge in [0.15, 0.2) is 0 Å². The van der Waals surface area contributed by atoms with E-state index in [1.54, 1.807) is 0 Å². The van der Waals surface area contributed by atoms with E-state index in [1.165, 1.54) is 0 Å². The molecule has 1 aliphatic rings. The smallest absolute Gasteiger partial charge is 0.115 e. The van der Waals surface area contributed by atoms with Crippen LogP contribution in [0, 0.1) is 0 Å². The topological polar surface area (TPSA) is 110 Å². The Morgan fingerprint density at radius 3 is 1.74 bits per heavy atom. The van der Waals surface area contributed by atoms with Gasteiger partial charge in [-0.25, -0.2) is 0 Å². The zero-order chi connectivity index (χ0) is 14.0. The third-order valence-electron chi connectivity index (χ3n) is 3.36. The Kier molecular flexibility index (Phi) is 4.51. The summed E-state index contributed by atoms with van der Waals surface area (Å²) >= 11 is 0. The second kappa shape index (κ2) is 5.96. The first kappa shape index (κ1) is 14.4. The molecule has 2 rings (SSSR count). The van der Waals surface area contributed by atoms with E-state index in [-0.39, 0.29) is 6.61 Å². The molecule has 1 saturated carbocycles. The van der Waals surface area contributed by atoms with Crippen molar-refractivity contribution in [2.75, 3.05) is 0 Å². The van der Waals surface area contributed by atoms with Crippen molar-refractivity contribution >= 4 is 0 Å². The Morgan fingerprint density at radius 2 is 1.21 bits per heavy atom. The molecule has 1 aromatic carbocycles. The molecule has 0 aromatic heterocycles. The average Bonchev–Trinajstić information content (AvgIpc) is 2.44. The molecule has 0 bridgehead atoms. The molecule has 1 fully saturated rings. The normalized spacial score (nSPS) is 39.2. The molecule has 0 heterocycles. The lowest BCUT2D eigenvalue weighted by atomic mass is 9.85. The van der Waals surface area contributed by atoms with Crippen molar-refractivity contribution in [2.24, 2.45) is 0 Å². The minimum absolute atomic E-state index is 0.120. The lowest BCUT2D eigenvalue weighted by molar-refractivity contribution is -0.237. The lowest BCUT2D eigenvalue weighted by Crippen LogP contribution is -2.64. The summed E-state index contributed by atoms with van der Waals surface area (Å²) in [5.41, 5.74) is 0.831. The molecule has 0 saturated heterocycles. The van der Waals surface area contributed by atoms with Crippen LogP contribution in [0.3, 0.4) is 0 Å². The van der Waals surface area contributed by atoms with E-state index in [2.05, 4.69) is 0 Å². The molecule has 2 unspecified atom stereocenters. The fourth-order valence-corrected chi connectivity index (χ4v) is 2.16. The molecule has 0 spiro atoms. The van der Waals surface area contributed by atoms with Crippen molar-refractivity contribution in [1.82, 2.24) is 0 Å². The number of ether oxygens (including phenoxy) is 1. The number of benzene rings is 1. The molecule has 19 heavy (non-hydrogen) atoms. The number of aliphatic hydroxyl groups excluding tert-OH is 5. The maximum atomic E-state index is 9.77. The Labute approximate surface area is 110 Å². The number of hydrogen-bond acceptors (Lipinski definition) is 6. The van der Waals surface area contributed by atoms with Crippen molar-refractivity contribution in [3.05, 3.63) is 35.9 Å². The summed E-state index contributed by atoms with van der Waals surface area (Å²) in [6.07, 6.45) is -8.79. The average molecular weight is 270 g/mol. The molecule has 6 heteroatoms. The molecule has 1 aromatic rings. The SMILES string of the molecule is OC1[C@@H](O)[C@H](O)C(OCc2ccccc2)[C@H](O)[C@H]1O. The second-order valence-electron chi connectivity index (χ2n) is 4.71. The van der Waals surface area contributed by atoms with Gasteiger partial charge in [-0.2, -0.15) is 0 Å². The van der Waals surface area contributed by atoms with Crippen LogP contribution < -0.4 is 0 Å². The molecule has 6 atom stereocenters. The largest absolute Gasteiger partial charge is 0.387 e. The minimum Gasteiger partial charge on any atom is -0.387 e. The van der Waals surface area contributed by atoms with Crippen LogP contribution in [0.4, 0.5) is 0 Å². The van der Waals surface area contributed by atoms with Gasteiger partial charge in [0.25, 0.3) is 0 Å². The standard InChI is InChI=1S/C13H18O6/c14-8-9(15)11(17)13(12(18)10(8)16)19-6-7-4-2-1-3-5-7/h1-5,8-18H,6H2/t8?,9-,10+,11+,12-,13?. The lowest BCUT2D eigenvalue weighted by Gasteiger charge is -2.41. The maximum Gasteiger partial charge on any atom is 0.115 e. The Bertz CT molecular complexity index is 381. The molecule has 0 amide bonds. The Morgan fingerprint density at radius 1 is 0.737 bits per heavy atom. The highest BCUT2D eigenvalue weighted by atomic mass is 16.5. The third kappa shape index (κ3) is 2.94. The number of aliphatic hydroxyl groups is 5. The first-order valence-corrected chi connectivity index (χ1v) is 6.08. The Hall–Kier alpha value is -1.02. The summed E-state index contributed by atoms with van der Waals surface area (Å²) < 4.78 is 5.35. The Balaban J connectivity index is 2.02. The molecular weight excluding hydrogens is 252 g/mol. The molecule has 6 nitrogen and oxygen atoms in total. The molecule has 106 valence electrons. The van der Waals surface area contributed by atoms with Gasteiger partial charge in [0, 0.05) is 0 Å². The van der Waals surface area contributed by atoms with Gasteiger partial charge in [-0.05, 0) is 5.56 Å². The summed E-state index contributed by atoms with van der Waals surface area (Å²) in [5.74, 6) is 0. The highest BCUT2D eigenvalue weighted by Gasteiger charge is 2.48.